The lowest BCUT2D eigenvalue weighted by atomic mass is 10.2. The summed E-state index contributed by atoms with van der Waals surface area (Å²) in [5.74, 6) is -0.507. The summed E-state index contributed by atoms with van der Waals surface area (Å²) in [5.41, 5.74) is 1.57. The average Bonchev–Trinajstić information content (AvgIpc) is 3.55. The normalized spacial score (nSPS) is 20.0. The Labute approximate surface area is 180 Å². The molecule has 164 valence electrons. The maximum atomic E-state index is 14.6. The van der Waals surface area contributed by atoms with E-state index in [9.17, 15) is 14.0 Å². The lowest BCUT2D eigenvalue weighted by molar-refractivity contribution is 0.0957. The highest BCUT2D eigenvalue weighted by atomic mass is 19.1. The third kappa shape index (κ3) is 4.58. The van der Waals surface area contributed by atoms with Crippen LogP contribution in [-0.4, -0.2) is 65.6 Å². The molecule has 1 saturated heterocycles. The zero-order chi connectivity index (χ0) is 22.0. The van der Waals surface area contributed by atoms with Crippen molar-refractivity contribution in [3.63, 3.8) is 0 Å². The number of aromatic nitrogens is 2. The number of hydrogen-bond donors (Lipinski definition) is 3. The van der Waals surface area contributed by atoms with Crippen molar-refractivity contribution in [3.05, 3.63) is 47.7 Å². The largest absolute Gasteiger partial charge is 0.362 e. The molecule has 2 aliphatic rings. The van der Waals surface area contributed by atoms with Gasteiger partial charge in [-0.25, -0.2) is 14.8 Å². The Morgan fingerprint density at radius 1 is 1.23 bits per heavy atom. The molecule has 1 saturated carbocycles. The Morgan fingerprint density at radius 3 is 2.81 bits per heavy atom. The van der Waals surface area contributed by atoms with Crippen LogP contribution in [0.4, 0.5) is 20.7 Å². The fraction of sp³-hybridized carbons (Fsp3) is 0.429. The molecule has 0 radical (unpaired) electrons. The number of carbonyl (C=O) groups excluding carboxylic acids is 2. The minimum Gasteiger partial charge on any atom is -0.362 e. The molecule has 9 nitrogen and oxygen atoms in total. The van der Waals surface area contributed by atoms with Gasteiger partial charge in [0.1, 0.15) is 11.5 Å². The summed E-state index contributed by atoms with van der Waals surface area (Å²) in [5, 5.41) is 7.87. The van der Waals surface area contributed by atoms with Gasteiger partial charge in [0.05, 0.1) is 5.69 Å². The van der Waals surface area contributed by atoms with Crippen LogP contribution in [0.15, 0.2) is 30.5 Å². The molecular formula is C21H26FN7O2. The number of pyridine rings is 2. The van der Waals surface area contributed by atoms with Crippen LogP contribution in [-0.2, 0) is 6.54 Å². The van der Waals surface area contributed by atoms with Gasteiger partial charge in [-0.05, 0) is 43.2 Å². The van der Waals surface area contributed by atoms with Gasteiger partial charge in [-0.3, -0.25) is 15.0 Å². The van der Waals surface area contributed by atoms with E-state index < -0.39 is 11.9 Å². The first-order chi connectivity index (χ1) is 15.0. The van der Waals surface area contributed by atoms with Crippen molar-refractivity contribution >= 4 is 23.4 Å². The molecule has 2 unspecified atom stereocenters. The quantitative estimate of drug-likeness (QED) is 0.605. The summed E-state index contributed by atoms with van der Waals surface area (Å²) in [4.78, 5) is 35.8. The monoisotopic (exact) mass is 427 g/mol. The lowest BCUT2D eigenvalue weighted by Gasteiger charge is -2.35. The predicted octanol–water partition coefficient (Wildman–Crippen LogP) is 1.58. The third-order valence-electron chi connectivity index (χ3n) is 5.61. The van der Waals surface area contributed by atoms with E-state index >= 15 is 0 Å². The van der Waals surface area contributed by atoms with Gasteiger partial charge in [0.15, 0.2) is 0 Å². The van der Waals surface area contributed by atoms with Gasteiger partial charge < -0.3 is 15.5 Å². The minimum atomic E-state index is -0.615. The van der Waals surface area contributed by atoms with Gasteiger partial charge in [-0.1, -0.05) is 0 Å². The van der Waals surface area contributed by atoms with E-state index in [4.69, 9.17) is 0 Å². The second-order valence-corrected chi connectivity index (χ2v) is 7.65. The number of nitrogens with zero attached hydrogens (tertiary/aromatic N) is 4. The van der Waals surface area contributed by atoms with Gasteiger partial charge in [0.2, 0.25) is 5.95 Å². The van der Waals surface area contributed by atoms with Gasteiger partial charge in [0.25, 0.3) is 5.91 Å². The number of amides is 3. The summed E-state index contributed by atoms with van der Waals surface area (Å²) in [6, 6.07) is 7.29. The van der Waals surface area contributed by atoms with E-state index in [-0.39, 0.29) is 17.8 Å². The van der Waals surface area contributed by atoms with Crippen LogP contribution in [0.2, 0.25) is 0 Å². The maximum absolute atomic E-state index is 14.6. The van der Waals surface area contributed by atoms with Crippen molar-refractivity contribution in [2.75, 3.05) is 36.9 Å². The number of hydrogen-bond acceptors (Lipinski definition) is 6. The number of halogens is 1. The van der Waals surface area contributed by atoms with E-state index in [1.807, 2.05) is 24.0 Å². The van der Waals surface area contributed by atoms with E-state index in [0.717, 1.165) is 25.1 Å². The summed E-state index contributed by atoms with van der Waals surface area (Å²) < 4.78 is 14.6. The molecule has 1 aliphatic heterocycles. The zero-order valence-electron chi connectivity index (χ0n) is 17.6. The number of anilines is 2. The van der Waals surface area contributed by atoms with Crippen molar-refractivity contribution in [1.82, 2.24) is 25.5 Å². The summed E-state index contributed by atoms with van der Waals surface area (Å²) in [7, 11) is 1.49. The second kappa shape index (κ2) is 8.84. The number of fused-ring (bicyclic) bond motifs is 1. The number of urea groups is 1. The van der Waals surface area contributed by atoms with Gasteiger partial charge in [0, 0.05) is 51.5 Å². The Bertz CT molecular complexity index is 986. The molecule has 10 heteroatoms. The van der Waals surface area contributed by atoms with Crippen LogP contribution >= 0.6 is 0 Å². The summed E-state index contributed by atoms with van der Waals surface area (Å²) in [6.45, 7) is 4.59. The predicted molar refractivity (Wildman–Crippen MR) is 114 cm³/mol. The molecule has 2 fully saturated rings. The summed E-state index contributed by atoms with van der Waals surface area (Å²) in [6.07, 6.45) is 2.64. The molecule has 0 aromatic carbocycles. The van der Waals surface area contributed by atoms with Gasteiger partial charge in [-0.15, -0.1) is 0 Å². The number of piperazine rings is 1. The van der Waals surface area contributed by atoms with Crippen molar-refractivity contribution < 1.29 is 14.0 Å². The average molecular weight is 427 g/mol. The molecule has 2 aromatic heterocycles. The fourth-order valence-corrected chi connectivity index (χ4v) is 4.05. The fourth-order valence-electron chi connectivity index (χ4n) is 4.05. The first kappa shape index (κ1) is 21.0. The molecule has 4 rings (SSSR count). The smallest absolute Gasteiger partial charge is 0.320 e. The topological polar surface area (TPSA) is 102 Å². The van der Waals surface area contributed by atoms with Crippen LogP contribution in [0.25, 0.3) is 0 Å². The number of nitrogens with one attached hydrogen (secondary N) is 3. The Kier molecular flexibility index (Phi) is 5.99. The highest BCUT2D eigenvalue weighted by Crippen LogP contribution is 2.40. The molecular weight excluding hydrogens is 401 g/mol. The van der Waals surface area contributed by atoms with Crippen molar-refractivity contribution in [2.24, 2.45) is 0 Å². The van der Waals surface area contributed by atoms with Crippen molar-refractivity contribution in [1.29, 1.82) is 0 Å². The molecule has 31 heavy (non-hydrogen) atoms. The Morgan fingerprint density at radius 2 is 2.06 bits per heavy atom. The SMILES string of the molecule is CCNC(=O)Nc1cc(CN2CCN(c3ccc(C(=O)NC)nc3F)C3CC32)ccn1. The summed E-state index contributed by atoms with van der Waals surface area (Å²) >= 11 is 0. The van der Waals surface area contributed by atoms with E-state index in [2.05, 4.69) is 30.8 Å². The third-order valence-corrected chi connectivity index (χ3v) is 5.61. The highest BCUT2D eigenvalue weighted by molar-refractivity contribution is 5.92. The van der Waals surface area contributed by atoms with Crippen LogP contribution in [0, 0.1) is 5.95 Å². The minimum absolute atomic E-state index is 0.0736. The lowest BCUT2D eigenvalue weighted by Crippen LogP contribution is -2.46. The van der Waals surface area contributed by atoms with Crippen molar-refractivity contribution in [3.8, 4) is 0 Å². The molecule has 0 bridgehead atoms. The standard InChI is InChI=1S/C21H26FN7O2/c1-3-24-21(31)27-18-10-13(6-7-25-18)12-28-8-9-29(17-11-16(17)28)15-5-4-14(20(30)23-2)26-19(15)22/h4-7,10,16-17H,3,8-9,11-12H2,1-2H3,(H,23,30)(H2,24,25,27,31). The Hall–Kier alpha value is -3.27. The van der Waals surface area contributed by atoms with E-state index in [1.165, 1.54) is 7.05 Å². The van der Waals surface area contributed by atoms with Crippen molar-refractivity contribution in [2.45, 2.75) is 32.0 Å². The first-order valence-corrected chi connectivity index (χ1v) is 10.4. The number of rotatable bonds is 6. The van der Waals surface area contributed by atoms with Crippen LogP contribution < -0.4 is 20.9 Å². The molecule has 2 aromatic rings. The van der Waals surface area contributed by atoms with E-state index in [1.54, 1.807) is 18.3 Å². The Balaban J connectivity index is 1.39. The van der Waals surface area contributed by atoms with Crippen LogP contribution in [0.1, 0.15) is 29.4 Å². The van der Waals surface area contributed by atoms with Gasteiger partial charge in [-0.2, -0.15) is 4.39 Å². The van der Waals surface area contributed by atoms with E-state index in [0.29, 0.717) is 30.6 Å². The second-order valence-electron chi connectivity index (χ2n) is 7.65. The highest BCUT2D eigenvalue weighted by Gasteiger charge is 2.49. The molecule has 3 amide bonds. The first-order valence-electron chi connectivity index (χ1n) is 10.4. The maximum Gasteiger partial charge on any atom is 0.320 e. The molecule has 3 heterocycles. The molecule has 1 aliphatic carbocycles. The molecule has 3 N–H and O–H groups in total. The number of carbonyl (C=O) groups is 2. The van der Waals surface area contributed by atoms with Gasteiger partial charge >= 0.3 is 6.03 Å². The molecule has 0 spiro atoms. The van der Waals surface area contributed by atoms with Crippen LogP contribution in [0.3, 0.4) is 0 Å². The zero-order valence-corrected chi connectivity index (χ0v) is 17.6. The molecule has 2 atom stereocenters. The van der Waals surface area contributed by atoms with Crippen LogP contribution in [0.5, 0.6) is 0 Å².